The standard InChI is InChI=1S/C58H104N2O8/c1-6-11-16-20-22-28-43-64-57(65-44-29-23-21-17-12-7-2)38-37-56(62)67-49-53-46-51(34-33-50(30-15-10-5)31-24-18-13-8-3)45-52(47-53)48-66-55(61)36-35-54(32-25-19-14-9-4)68-58(63)59-39-42-60-40-26-27-41-60/h45-47,50,54,57H,6-44,48-49H2,1-5H3,(H,59,63). The molecule has 10 heteroatoms. The van der Waals surface area contributed by atoms with Crippen molar-refractivity contribution in [2.24, 2.45) is 5.92 Å². The van der Waals surface area contributed by atoms with E-state index in [1.54, 1.807) is 0 Å². The number of esters is 2. The molecule has 2 rings (SSSR count). The lowest BCUT2D eigenvalue weighted by Crippen LogP contribution is -2.35. The zero-order valence-electron chi connectivity index (χ0n) is 44.7. The zero-order valence-corrected chi connectivity index (χ0v) is 44.7. The van der Waals surface area contributed by atoms with Crippen molar-refractivity contribution in [1.29, 1.82) is 0 Å². The Balaban J connectivity index is 2.07. The molecule has 0 spiro atoms. The lowest BCUT2D eigenvalue weighted by molar-refractivity contribution is -0.160. The van der Waals surface area contributed by atoms with E-state index in [0.29, 0.717) is 38.5 Å². The van der Waals surface area contributed by atoms with Crippen LogP contribution in [0.5, 0.6) is 0 Å². The minimum absolute atomic E-state index is 0.135. The van der Waals surface area contributed by atoms with Gasteiger partial charge in [0.05, 0.1) is 6.42 Å². The number of benzene rings is 1. The number of hydrogen-bond acceptors (Lipinski definition) is 9. The third-order valence-corrected chi connectivity index (χ3v) is 13.6. The molecule has 1 fully saturated rings. The molecule has 0 saturated carbocycles. The lowest BCUT2D eigenvalue weighted by atomic mass is 9.89. The Kier molecular flexibility index (Phi) is 39.0. The van der Waals surface area contributed by atoms with Gasteiger partial charge in [-0.15, -0.1) is 0 Å². The topological polar surface area (TPSA) is 113 Å². The summed E-state index contributed by atoms with van der Waals surface area (Å²) in [4.78, 5) is 41.7. The van der Waals surface area contributed by atoms with E-state index < -0.39 is 12.4 Å². The van der Waals surface area contributed by atoms with Crippen LogP contribution in [0.4, 0.5) is 4.79 Å². The summed E-state index contributed by atoms with van der Waals surface area (Å²) < 4.78 is 30.1. The highest BCUT2D eigenvalue weighted by Crippen LogP contribution is 2.25. The van der Waals surface area contributed by atoms with E-state index in [1.165, 1.54) is 121 Å². The van der Waals surface area contributed by atoms with E-state index >= 15 is 0 Å². The molecule has 10 nitrogen and oxygen atoms in total. The van der Waals surface area contributed by atoms with Gasteiger partial charge in [0, 0.05) is 39.1 Å². The smallest absolute Gasteiger partial charge is 0.407 e. The van der Waals surface area contributed by atoms with Gasteiger partial charge in [0.15, 0.2) is 6.29 Å². The quantitative estimate of drug-likeness (QED) is 0.0295. The van der Waals surface area contributed by atoms with Gasteiger partial charge in [-0.25, -0.2) is 4.79 Å². The average Bonchev–Trinajstić information content (AvgIpc) is 3.87. The van der Waals surface area contributed by atoms with Gasteiger partial charge in [0.2, 0.25) is 0 Å². The summed E-state index contributed by atoms with van der Waals surface area (Å²) >= 11 is 0. The van der Waals surface area contributed by atoms with Gasteiger partial charge in [-0.2, -0.15) is 0 Å². The fourth-order valence-electron chi connectivity index (χ4n) is 9.28. The lowest BCUT2D eigenvalue weighted by Gasteiger charge is -2.19. The predicted molar refractivity (Wildman–Crippen MR) is 280 cm³/mol. The van der Waals surface area contributed by atoms with Crippen LogP contribution in [-0.4, -0.2) is 74.7 Å². The van der Waals surface area contributed by atoms with Crippen molar-refractivity contribution in [3.05, 3.63) is 34.9 Å². The van der Waals surface area contributed by atoms with Crippen molar-refractivity contribution in [1.82, 2.24) is 10.2 Å². The zero-order chi connectivity index (χ0) is 49.1. The number of rotatable bonds is 46. The van der Waals surface area contributed by atoms with Crippen molar-refractivity contribution in [2.45, 2.75) is 272 Å². The normalized spacial score (nSPS) is 13.8. The Morgan fingerprint density at radius 3 is 1.56 bits per heavy atom. The van der Waals surface area contributed by atoms with Crippen LogP contribution in [0.25, 0.3) is 0 Å². The Bertz CT molecular complexity index is 1350. The molecule has 1 aromatic rings. The Hall–Kier alpha value is -2.69. The van der Waals surface area contributed by atoms with Crippen molar-refractivity contribution < 1.29 is 38.1 Å². The first-order chi connectivity index (χ1) is 33.3. The van der Waals surface area contributed by atoms with Crippen LogP contribution >= 0.6 is 0 Å². The SMILES string of the molecule is CCCCCCCCOC(CCC(=O)OCc1cc(CCC(CCCC)CCCCCC)cc(COC(=O)CCC(CCCCCC)OC(=O)NCCN2CCCC2)c1)OCCCCCCCC. The molecule has 2 atom stereocenters. The summed E-state index contributed by atoms with van der Waals surface area (Å²) in [6, 6.07) is 6.33. The minimum atomic E-state index is -0.411. The van der Waals surface area contributed by atoms with E-state index in [1.807, 2.05) is 6.07 Å². The molecule has 1 aromatic carbocycles. The summed E-state index contributed by atoms with van der Waals surface area (Å²) in [7, 11) is 0. The monoisotopic (exact) mass is 957 g/mol. The molecule has 1 heterocycles. The molecule has 1 aliphatic heterocycles. The number of alkyl carbamates (subject to hydrolysis) is 1. The van der Waals surface area contributed by atoms with E-state index in [2.05, 4.69) is 57.0 Å². The van der Waals surface area contributed by atoms with Crippen LogP contribution in [0.2, 0.25) is 0 Å². The minimum Gasteiger partial charge on any atom is -0.461 e. The first kappa shape index (κ1) is 61.4. The van der Waals surface area contributed by atoms with Crippen LogP contribution < -0.4 is 5.32 Å². The van der Waals surface area contributed by atoms with Crippen LogP contribution in [0.1, 0.15) is 257 Å². The molecular weight excluding hydrogens is 853 g/mol. The fraction of sp³-hybridized carbons (Fsp3) is 0.845. The number of nitrogens with zero attached hydrogens (tertiary/aromatic N) is 1. The molecule has 1 aliphatic rings. The number of carbonyl (C=O) groups excluding carboxylic acids is 3. The van der Waals surface area contributed by atoms with E-state index in [-0.39, 0.29) is 44.1 Å². The van der Waals surface area contributed by atoms with Crippen molar-refractivity contribution >= 4 is 18.0 Å². The van der Waals surface area contributed by atoms with Gasteiger partial charge in [-0.1, -0.05) is 182 Å². The third-order valence-electron chi connectivity index (χ3n) is 13.6. The molecule has 394 valence electrons. The fourth-order valence-corrected chi connectivity index (χ4v) is 9.28. The van der Waals surface area contributed by atoms with Crippen LogP contribution in [0, 0.1) is 5.92 Å². The largest absolute Gasteiger partial charge is 0.461 e. The molecule has 1 amide bonds. The van der Waals surface area contributed by atoms with Crippen molar-refractivity contribution in [3.8, 4) is 0 Å². The summed E-state index contributed by atoms with van der Waals surface area (Å²) in [6.45, 7) is 16.3. The van der Waals surface area contributed by atoms with Gasteiger partial charge in [0.1, 0.15) is 19.3 Å². The molecule has 68 heavy (non-hydrogen) atoms. The number of aryl methyl sites for hydroxylation is 1. The average molecular weight is 957 g/mol. The summed E-state index contributed by atoms with van der Waals surface area (Å²) in [5.41, 5.74) is 2.98. The van der Waals surface area contributed by atoms with Gasteiger partial charge in [0.25, 0.3) is 0 Å². The third kappa shape index (κ3) is 33.8. The molecule has 0 aliphatic carbocycles. The second-order valence-electron chi connectivity index (χ2n) is 20.0. The van der Waals surface area contributed by atoms with Crippen LogP contribution in [0.3, 0.4) is 0 Å². The van der Waals surface area contributed by atoms with Gasteiger partial charge in [-0.05, 0) is 99.6 Å². The highest BCUT2D eigenvalue weighted by Gasteiger charge is 2.19. The first-order valence-corrected chi connectivity index (χ1v) is 28.6. The summed E-state index contributed by atoms with van der Waals surface area (Å²) in [5, 5.41) is 2.93. The van der Waals surface area contributed by atoms with E-state index in [0.717, 1.165) is 101 Å². The first-order valence-electron chi connectivity index (χ1n) is 28.6. The Labute approximate surface area is 417 Å². The van der Waals surface area contributed by atoms with Crippen LogP contribution in [0.15, 0.2) is 18.2 Å². The van der Waals surface area contributed by atoms with Gasteiger partial charge in [-0.3, -0.25) is 9.59 Å². The Morgan fingerprint density at radius 1 is 0.529 bits per heavy atom. The molecule has 1 saturated heterocycles. The van der Waals surface area contributed by atoms with Crippen molar-refractivity contribution in [2.75, 3.05) is 39.4 Å². The van der Waals surface area contributed by atoms with E-state index in [9.17, 15) is 14.4 Å². The molecule has 0 radical (unpaired) electrons. The second-order valence-corrected chi connectivity index (χ2v) is 20.0. The summed E-state index contributed by atoms with van der Waals surface area (Å²) in [5.74, 6) is 0.107. The number of hydrogen-bond donors (Lipinski definition) is 1. The molecular formula is C58H104N2O8. The highest BCUT2D eigenvalue weighted by atomic mass is 16.7. The second kappa shape index (κ2) is 43.1. The number of ether oxygens (including phenoxy) is 5. The van der Waals surface area contributed by atoms with Gasteiger partial charge < -0.3 is 33.9 Å². The summed E-state index contributed by atoms with van der Waals surface area (Å²) in [6.07, 6.45) is 34.1. The molecule has 0 aromatic heterocycles. The maximum Gasteiger partial charge on any atom is 0.407 e. The highest BCUT2D eigenvalue weighted by molar-refractivity contribution is 5.70. The predicted octanol–water partition coefficient (Wildman–Crippen LogP) is 15.3. The number of likely N-dealkylation sites (tertiary alicyclic amines) is 1. The maximum absolute atomic E-state index is 13.3. The molecule has 2 unspecified atom stereocenters. The van der Waals surface area contributed by atoms with Gasteiger partial charge >= 0.3 is 18.0 Å². The number of carbonyl (C=O) groups is 3. The number of nitrogens with one attached hydrogen (secondary N) is 1. The molecule has 0 bridgehead atoms. The van der Waals surface area contributed by atoms with Crippen LogP contribution in [-0.2, 0) is 52.9 Å². The van der Waals surface area contributed by atoms with E-state index in [4.69, 9.17) is 23.7 Å². The van der Waals surface area contributed by atoms with Crippen molar-refractivity contribution in [3.63, 3.8) is 0 Å². The molecule has 1 N–H and O–H groups in total. The maximum atomic E-state index is 13.3. The number of unbranched alkanes of at least 4 members (excludes halogenated alkanes) is 17. The Morgan fingerprint density at radius 2 is 1.00 bits per heavy atom. The number of amides is 1.